The van der Waals surface area contributed by atoms with Crippen molar-refractivity contribution in [2.24, 2.45) is 0 Å². The Kier molecular flexibility index (Phi) is 7.14. The number of benzene rings is 2. The van der Waals surface area contributed by atoms with Gasteiger partial charge < -0.3 is 5.32 Å². The Balaban J connectivity index is 1.28. The van der Waals surface area contributed by atoms with Gasteiger partial charge in [0.25, 0.3) is 5.91 Å². The van der Waals surface area contributed by atoms with Crippen LogP contribution in [0, 0.1) is 6.92 Å². The number of hydrogen-bond donors (Lipinski definition) is 1. The number of rotatable bonds is 7. The number of nitrogens with one attached hydrogen (secondary N) is 1. The predicted molar refractivity (Wildman–Crippen MR) is 135 cm³/mol. The molecule has 2 heterocycles. The molecule has 4 rings (SSSR count). The van der Waals surface area contributed by atoms with E-state index in [1.54, 1.807) is 0 Å². The number of hydrogen-bond acceptors (Lipinski definition) is 6. The summed E-state index contributed by atoms with van der Waals surface area (Å²) in [5, 5.41) is 5.70. The fourth-order valence-corrected chi connectivity index (χ4v) is 5.17. The summed E-state index contributed by atoms with van der Waals surface area (Å²) in [4.78, 5) is 31.7. The summed E-state index contributed by atoms with van der Waals surface area (Å²) in [5.41, 5.74) is 4.06. The lowest BCUT2D eigenvalue weighted by molar-refractivity contribution is -0.123. The molecule has 1 aliphatic rings. The second kappa shape index (κ2) is 10.2. The van der Waals surface area contributed by atoms with Crippen LogP contribution in [0.25, 0.3) is 17.3 Å². The van der Waals surface area contributed by atoms with Crippen LogP contribution in [0.2, 0.25) is 0 Å². The predicted octanol–water partition coefficient (Wildman–Crippen LogP) is 5.03. The number of amides is 2. The SMILES string of the molecule is Cc1ccc(/C=C2\SC(=S)N(CCC(=O)NCc3nc(-c4ccccc4)cs3)C2=O)cc1. The zero-order valence-corrected chi connectivity index (χ0v) is 19.9. The molecule has 0 saturated carbocycles. The van der Waals surface area contributed by atoms with Gasteiger partial charge in [0.1, 0.15) is 9.33 Å². The van der Waals surface area contributed by atoms with E-state index in [4.69, 9.17) is 12.2 Å². The number of nitrogens with zero attached hydrogens (tertiary/aromatic N) is 2. The van der Waals surface area contributed by atoms with E-state index in [0.29, 0.717) is 15.8 Å². The van der Waals surface area contributed by atoms with Gasteiger partial charge in [0, 0.05) is 23.9 Å². The molecule has 1 N–H and O–H groups in total. The van der Waals surface area contributed by atoms with Gasteiger partial charge in [0.05, 0.1) is 17.1 Å². The number of carbonyl (C=O) groups excluding carboxylic acids is 2. The van der Waals surface area contributed by atoms with E-state index in [2.05, 4.69) is 10.3 Å². The number of carbonyl (C=O) groups is 2. The van der Waals surface area contributed by atoms with Crippen LogP contribution in [-0.2, 0) is 16.1 Å². The number of thioether (sulfide) groups is 1. The first-order valence-electron chi connectivity index (χ1n) is 10.1. The van der Waals surface area contributed by atoms with Crippen LogP contribution in [0.4, 0.5) is 0 Å². The van der Waals surface area contributed by atoms with Gasteiger partial charge in [-0.15, -0.1) is 11.3 Å². The molecular weight excluding hydrogens is 458 g/mol. The molecule has 5 nitrogen and oxygen atoms in total. The lowest BCUT2D eigenvalue weighted by atomic mass is 10.1. The monoisotopic (exact) mass is 479 g/mol. The molecule has 1 aliphatic heterocycles. The van der Waals surface area contributed by atoms with Gasteiger partial charge in [-0.1, -0.05) is 84.1 Å². The molecule has 0 aliphatic carbocycles. The Hall–Kier alpha value is -2.81. The highest BCUT2D eigenvalue weighted by atomic mass is 32.2. The van der Waals surface area contributed by atoms with Gasteiger partial charge in [0.2, 0.25) is 5.91 Å². The topological polar surface area (TPSA) is 62.3 Å². The number of aromatic nitrogens is 1. The molecule has 8 heteroatoms. The van der Waals surface area contributed by atoms with Crippen molar-refractivity contribution in [1.82, 2.24) is 15.2 Å². The number of aryl methyl sites for hydroxylation is 1. The molecule has 2 amide bonds. The van der Waals surface area contributed by atoms with E-state index in [9.17, 15) is 9.59 Å². The molecule has 1 aromatic heterocycles. The first-order chi connectivity index (χ1) is 15.5. The molecule has 0 radical (unpaired) electrons. The number of thiocarbonyl (C=S) groups is 1. The summed E-state index contributed by atoms with van der Waals surface area (Å²) in [6.07, 6.45) is 2.02. The fourth-order valence-electron chi connectivity index (χ4n) is 3.12. The third-order valence-electron chi connectivity index (χ3n) is 4.87. The maximum atomic E-state index is 12.7. The number of thiazole rings is 1. The molecular formula is C24H21N3O2S3. The molecule has 1 saturated heterocycles. The van der Waals surface area contributed by atoms with E-state index >= 15 is 0 Å². The van der Waals surface area contributed by atoms with Gasteiger partial charge in [-0.25, -0.2) is 4.98 Å². The van der Waals surface area contributed by atoms with Crippen molar-refractivity contribution in [3.05, 3.63) is 81.0 Å². The lowest BCUT2D eigenvalue weighted by Crippen LogP contribution is -2.33. The third-order valence-corrected chi connectivity index (χ3v) is 7.10. The summed E-state index contributed by atoms with van der Waals surface area (Å²) in [7, 11) is 0. The van der Waals surface area contributed by atoms with Gasteiger partial charge in [-0.3, -0.25) is 14.5 Å². The van der Waals surface area contributed by atoms with Crippen molar-refractivity contribution in [2.45, 2.75) is 19.9 Å². The summed E-state index contributed by atoms with van der Waals surface area (Å²) >= 11 is 8.14. The van der Waals surface area contributed by atoms with Crippen LogP contribution in [0.1, 0.15) is 22.6 Å². The standard InChI is InChI=1S/C24H21N3O2S3/c1-16-7-9-17(10-8-16)13-20-23(29)27(24(30)32-20)12-11-21(28)25-14-22-26-19(15-31-22)18-5-3-2-4-6-18/h2-10,13,15H,11-12,14H2,1H3,(H,25,28)/b20-13-. The van der Waals surface area contributed by atoms with Crippen LogP contribution < -0.4 is 5.32 Å². The van der Waals surface area contributed by atoms with E-state index < -0.39 is 0 Å². The van der Waals surface area contributed by atoms with Crippen molar-refractivity contribution in [1.29, 1.82) is 0 Å². The lowest BCUT2D eigenvalue weighted by Gasteiger charge is -2.13. The minimum atomic E-state index is -0.152. The molecule has 3 aromatic rings. The molecule has 0 unspecified atom stereocenters. The second-order valence-electron chi connectivity index (χ2n) is 7.26. The van der Waals surface area contributed by atoms with Crippen LogP contribution in [0.5, 0.6) is 0 Å². The van der Waals surface area contributed by atoms with Gasteiger partial charge in [0.15, 0.2) is 0 Å². The average Bonchev–Trinajstić information content (AvgIpc) is 3.38. The van der Waals surface area contributed by atoms with Crippen LogP contribution in [0.15, 0.2) is 64.9 Å². The molecule has 0 atom stereocenters. The van der Waals surface area contributed by atoms with Crippen LogP contribution >= 0.6 is 35.3 Å². The zero-order valence-electron chi connectivity index (χ0n) is 17.4. The summed E-state index contributed by atoms with van der Waals surface area (Å²) in [6, 6.07) is 17.9. The molecule has 32 heavy (non-hydrogen) atoms. The van der Waals surface area contributed by atoms with Crippen molar-refractivity contribution in [2.75, 3.05) is 6.54 Å². The first kappa shape index (κ1) is 22.4. The largest absolute Gasteiger partial charge is 0.350 e. The van der Waals surface area contributed by atoms with E-state index in [1.165, 1.54) is 28.0 Å². The molecule has 162 valence electrons. The Morgan fingerprint density at radius 2 is 1.91 bits per heavy atom. The Labute approximate surface area is 200 Å². The summed E-state index contributed by atoms with van der Waals surface area (Å²) in [5.74, 6) is -0.293. The van der Waals surface area contributed by atoms with E-state index in [-0.39, 0.29) is 24.8 Å². The van der Waals surface area contributed by atoms with Gasteiger partial charge in [-0.2, -0.15) is 0 Å². The Morgan fingerprint density at radius 3 is 2.66 bits per heavy atom. The maximum Gasteiger partial charge on any atom is 0.266 e. The second-order valence-corrected chi connectivity index (χ2v) is 9.88. The van der Waals surface area contributed by atoms with E-state index in [0.717, 1.165) is 27.4 Å². The van der Waals surface area contributed by atoms with E-state index in [1.807, 2.05) is 73.0 Å². The van der Waals surface area contributed by atoms with Crippen molar-refractivity contribution in [3.8, 4) is 11.3 Å². The molecule has 2 aromatic carbocycles. The molecule has 1 fully saturated rings. The quantitative estimate of drug-likeness (QED) is 0.381. The highest BCUT2D eigenvalue weighted by Crippen LogP contribution is 2.32. The highest BCUT2D eigenvalue weighted by molar-refractivity contribution is 8.26. The zero-order chi connectivity index (χ0) is 22.5. The molecule has 0 bridgehead atoms. The normalized spacial score (nSPS) is 14.9. The average molecular weight is 480 g/mol. The third kappa shape index (κ3) is 5.51. The van der Waals surface area contributed by atoms with Crippen molar-refractivity contribution < 1.29 is 9.59 Å². The highest BCUT2D eigenvalue weighted by Gasteiger charge is 2.32. The Morgan fingerprint density at radius 1 is 1.16 bits per heavy atom. The fraction of sp³-hybridized carbons (Fsp3) is 0.167. The minimum absolute atomic E-state index is 0.141. The first-order valence-corrected chi connectivity index (χ1v) is 12.2. The minimum Gasteiger partial charge on any atom is -0.350 e. The molecule has 0 spiro atoms. The van der Waals surface area contributed by atoms with Gasteiger partial charge in [-0.05, 0) is 18.6 Å². The maximum absolute atomic E-state index is 12.7. The summed E-state index contributed by atoms with van der Waals surface area (Å²) in [6.45, 7) is 2.64. The smallest absolute Gasteiger partial charge is 0.266 e. The Bertz CT molecular complexity index is 1170. The summed E-state index contributed by atoms with van der Waals surface area (Å²) < 4.78 is 0.480. The van der Waals surface area contributed by atoms with Gasteiger partial charge >= 0.3 is 0 Å². The van der Waals surface area contributed by atoms with Crippen LogP contribution in [0.3, 0.4) is 0 Å². The van der Waals surface area contributed by atoms with Crippen LogP contribution in [-0.4, -0.2) is 32.6 Å². The van der Waals surface area contributed by atoms with Crippen molar-refractivity contribution in [3.63, 3.8) is 0 Å². The van der Waals surface area contributed by atoms with Crippen molar-refractivity contribution >= 4 is 57.5 Å².